The molecule has 0 aromatic heterocycles. The van der Waals surface area contributed by atoms with Crippen LogP contribution in [-0.4, -0.2) is 26.8 Å². The number of hydrogen-bond donors (Lipinski definition) is 2. The van der Waals surface area contributed by atoms with E-state index >= 15 is 0 Å². The molecule has 0 aliphatic heterocycles. The highest BCUT2D eigenvalue weighted by atomic mass is 127. The summed E-state index contributed by atoms with van der Waals surface area (Å²) in [5.41, 5.74) is 8.89. The van der Waals surface area contributed by atoms with Crippen molar-refractivity contribution in [3.63, 3.8) is 0 Å². The number of halogens is 1. The Bertz CT molecular complexity index is 723. The number of para-hydroxylation sites is 1. The average Bonchev–Trinajstić information content (AvgIpc) is 2.63. The second-order valence-electron chi connectivity index (χ2n) is 5.33. The van der Waals surface area contributed by atoms with Crippen LogP contribution in [-0.2, 0) is 17.9 Å². The molecule has 2 aromatic rings. The third kappa shape index (κ3) is 6.38. The zero-order chi connectivity index (χ0) is 18.1. The van der Waals surface area contributed by atoms with Gasteiger partial charge >= 0.3 is 0 Å². The van der Waals surface area contributed by atoms with Crippen molar-refractivity contribution in [1.29, 1.82) is 0 Å². The van der Waals surface area contributed by atoms with Gasteiger partial charge in [-0.1, -0.05) is 24.3 Å². The molecule has 0 atom stereocenters. The number of nitrogens with two attached hydrogens (primary N) is 1. The molecule has 3 N–H and O–H groups in total. The Morgan fingerprint density at radius 3 is 2.58 bits per heavy atom. The van der Waals surface area contributed by atoms with Gasteiger partial charge in [-0.15, -0.1) is 24.0 Å². The zero-order valence-corrected chi connectivity index (χ0v) is 17.7. The molecule has 142 valence electrons. The van der Waals surface area contributed by atoms with Crippen LogP contribution >= 0.6 is 24.0 Å². The third-order valence-corrected chi connectivity index (χ3v) is 3.54. The van der Waals surface area contributed by atoms with Crippen molar-refractivity contribution in [2.45, 2.75) is 20.1 Å². The number of nitrogens with one attached hydrogen (secondary N) is 1. The Labute approximate surface area is 171 Å². The summed E-state index contributed by atoms with van der Waals surface area (Å²) >= 11 is 0. The van der Waals surface area contributed by atoms with Crippen LogP contribution in [0.4, 0.5) is 5.69 Å². The molecule has 0 radical (unpaired) electrons. The first-order valence-corrected chi connectivity index (χ1v) is 8.11. The summed E-state index contributed by atoms with van der Waals surface area (Å²) in [6.45, 7) is 3.47. The van der Waals surface area contributed by atoms with Gasteiger partial charge < -0.3 is 25.3 Å². The minimum Gasteiger partial charge on any atom is -0.493 e. The van der Waals surface area contributed by atoms with Crippen LogP contribution in [0.1, 0.15) is 18.1 Å². The molecule has 2 rings (SSSR count). The van der Waals surface area contributed by atoms with E-state index in [2.05, 4.69) is 10.3 Å². The summed E-state index contributed by atoms with van der Waals surface area (Å²) in [6, 6.07) is 13.5. The smallest absolute Gasteiger partial charge is 0.193 e. The molecule has 0 aliphatic carbocycles. The third-order valence-electron chi connectivity index (χ3n) is 3.54. The second-order valence-corrected chi connectivity index (χ2v) is 5.33. The number of ether oxygens (including phenoxy) is 3. The van der Waals surface area contributed by atoms with Gasteiger partial charge in [-0.3, -0.25) is 0 Å². The molecule has 0 aliphatic rings. The molecule has 0 saturated heterocycles. The molecule has 0 spiro atoms. The van der Waals surface area contributed by atoms with Gasteiger partial charge in [0.15, 0.2) is 17.5 Å². The van der Waals surface area contributed by atoms with Crippen LogP contribution in [0, 0.1) is 0 Å². The quantitative estimate of drug-likeness (QED) is 0.348. The van der Waals surface area contributed by atoms with Crippen molar-refractivity contribution in [3.05, 3.63) is 53.6 Å². The normalized spacial score (nSPS) is 10.8. The van der Waals surface area contributed by atoms with Gasteiger partial charge in [0, 0.05) is 18.4 Å². The molecule has 0 unspecified atom stereocenters. The molecule has 2 aromatic carbocycles. The lowest BCUT2D eigenvalue weighted by Gasteiger charge is -2.12. The topological polar surface area (TPSA) is 78.1 Å². The predicted molar refractivity (Wildman–Crippen MR) is 116 cm³/mol. The molecule has 0 amide bonds. The minimum atomic E-state index is 0. The van der Waals surface area contributed by atoms with Crippen molar-refractivity contribution in [3.8, 4) is 11.5 Å². The van der Waals surface area contributed by atoms with Crippen LogP contribution in [0.5, 0.6) is 11.5 Å². The summed E-state index contributed by atoms with van der Waals surface area (Å²) in [5.74, 6) is 1.75. The van der Waals surface area contributed by atoms with Crippen LogP contribution in [0.3, 0.4) is 0 Å². The first kappa shape index (κ1) is 22.0. The Hall–Kier alpha value is -2.00. The van der Waals surface area contributed by atoms with Crippen molar-refractivity contribution in [2.75, 3.05) is 26.1 Å². The summed E-state index contributed by atoms with van der Waals surface area (Å²) in [6.07, 6.45) is 0. The molecular weight excluding hydrogens is 445 g/mol. The number of benzene rings is 2. The molecule has 0 saturated carbocycles. The van der Waals surface area contributed by atoms with E-state index in [9.17, 15) is 0 Å². The van der Waals surface area contributed by atoms with Gasteiger partial charge in [-0.05, 0) is 30.7 Å². The standard InChI is InChI=1S/C19H25N3O3.HI/c1-4-25-17-10-9-14(11-18(17)24-3)12-21-19(20)22-16-8-6-5-7-15(16)13-23-2;/h5-11H,4,12-13H2,1-3H3,(H3,20,21,22);1H. The first-order valence-electron chi connectivity index (χ1n) is 8.11. The summed E-state index contributed by atoms with van der Waals surface area (Å²) in [4.78, 5) is 4.39. The zero-order valence-electron chi connectivity index (χ0n) is 15.3. The number of methoxy groups -OCH3 is 2. The van der Waals surface area contributed by atoms with Crippen molar-refractivity contribution in [2.24, 2.45) is 10.7 Å². The van der Waals surface area contributed by atoms with E-state index in [1.54, 1.807) is 14.2 Å². The molecule has 0 heterocycles. The maximum Gasteiger partial charge on any atom is 0.193 e. The van der Waals surface area contributed by atoms with Gasteiger partial charge in [0.05, 0.1) is 26.9 Å². The number of hydrogen-bond acceptors (Lipinski definition) is 4. The molecule has 7 heteroatoms. The van der Waals surface area contributed by atoms with Crippen LogP contribution < -0.4 is 20.5 Å². The Morgan fingerprint density at radius 2 is 1.88 bits per heavy atom. The molecule has 26 heavy (non-hydrogen) atoms. The Kier molecular flexibility index (Phi) is 9.82. The van der Waals surface area contributed by atoms with E-state index in [1.807, 2.05) is 49.4 Å². The maximum atomic E-state index is 6.01. The number of guanidine groups is 1. The van der Waals surface area contributed by atoms with Gasteiger partial charge in [-0.25, -0.2) is 4.99 Å². The number of anilines is 1. The monoisotopic (exact) mass is 471 g/mol. The van der Waals surface area contributed by atoms with E-state index in [1.165, 1.54) is 0 Å². The lowest BCUT2D eigenvalue weighted by molar-refractivity contribution is 0.185. The number of aliphatic imine (C=N–C) groups is 1. The molecule has 0 bridgehead atoms. The Morgan fingerprint density at radius 1 is 1.12 bits per heavy atom. The number of nitrogens with zero attached hydrogens (tertiary/aromatic N) is 1. The largest absolute Gasteiger partial charge is 0.493 e. The van der Waals surface area contributed by atoms with Crippen molar-refractivity contribution >= 4 is 35.6 Å². The van der Waals surface area contributed by atoms with E-state index in [-0.39, 0.29) is 24.0 Å². The van der Waals surface area contributed by atoms with E-state index in [4.69, 9.17) is 19.9 Å². The van der Waals surface area contributed by atoms with Gasteiger partial charge in [-0.2, -0.15) is 0 Å². The second kappa shape index (κ2) is 11.6. The van der Waals surface area contributed by atoms with E-state index in [0.29, 0.717) is 31.5 Å². The fraction of sp³-hybridized carbons (Fsp3) is 0.316. The van der Waals surface area contributed by atoms with Crippen molar-refractivity contribution in [1.82, 2.24) is 0 Å². The lowest BCUT2D eigenvalue weighted by atomic mass is 10.2. The van der Waals surface area contributed by atoms with Gasteiger partial charge in [0.1, 0.15) is 0 Å². The molecule has 0 fully saturated rings. The highest BCUT2D eigenvalue weighted by molar-refractivity contribution is 14.0. The highest BCUT2D eigenvalue weighted by Gasteiger charge is 2.06. The predicted octanol–water partition coefficient (Wildman–Crippen LogP) is 3.79. The first-order chi connectivity index (χ1) is 12.2. The van der Waals surface area contributed by atoms with Crippen LogP contribution in [0.2, 0.25) is 0 Å². The van der Waals surface area contributed by atoms with Crippen LogP contribution in [0.15, 0.2) is 47.5 Å². The SMILES string of the molecule is CCOc1ccc(CN=C(N)Nc2ccccc2COC)cc1OC.I. The van der Waals surface area contributed by atoms with Gasteiger partial charge in [0.2, 0.25) is 0 Å². The summed E-state index contributed by atoms with van der Waals surface area (Å²) in [7, 11) is 3.28. The van der Waals surface area contributed by atoms with E-state index in [0.717, 1.165) is 22.6 Å². The lowest BCUT2D eigenvalue weighted by Crippen LogP contribution is -2.23. The summed E-state index contributed by atoms with van der Waals surface area (Å²) in [5, 5.41) is 3.12. The van der Waals surface area contributed by atoms with E-state index < -0.39 is 0 Å². The average molecular weight is 471 g/mol. The minimum absolute atomic E-state index is 0. The van der Waals surface area contributed by atoms with Gasteiger partial charge in [0.25, 0.3) is 0 Å². The molecule has 6 nitrogen and oxygen atoms in total. The maximum absolute atomic E-state index is 6.01. The summed E-state index contributed by atoms with van der Waals surface area (Å²) < 4.78 is 16.1. The van der Waals surface area contributed by atoms with Crippen LogP contribution in [0.25, 0.3) is 0 Å². The number of rotatable bonds is 8. The fourth-order valence-corrected chi connectivity index (χ4v) is 2.36. The Balaban J connectivity index is 0.00000338. The molecular formula is C19H26IN3O3. The highest BCUT2D eigenvalue weighted by Crippen LogP contribution is 2.28. The van der Waals surface area contributed by atoms with Crippen molar-refractivity contribution < 1.29 is 14.2 Å². The fourth-order valence-electron chi connectivity index (χ4n) is 2.36.